The third-order valence-corrected chi connectivity index (χ3v) is 5.55. The molecule has 2 saturated heterocycles. The third kappa shape index (κ3) is 4.22. The van der Waals surface area contributed by atoms with Crippen molar-refractivity contribution in [1.29, 1.82) is 5.41 Å². The number of nitrogens with two attached hydrogens (primary N) is 1. The summed E-state index contributed by atoms with van der Waals surface area (Å²) in [5.74, 6) is 0.627. The summed E-state index contributed by atoms with van der Waals surface area (Å²) in [7, 11) is 0. The zero-order valence-electron chi connectivity index (χ0n) is 16.5. The minimum absolute atomic E-state index is 0.0504. The van der Waals surface area contributed by atoms with E-state index >= 15 is 0 Å². The van der Waals surface area contributed by atoms with Crippen LogP contribution in [0, 0.1) is 5.41 Å². The van der Waals surface area contributed by atoms with E-state index in [4.69, 9.17) is 15.9 Å². The molecular formula is C21H26N6O3. The van der Waals surface area contributed by atoms with Gasteiger partial charge in [-0.3, -0.25) is 10.7 Å². The van der Waals surface area contributed by atoms with Gasteiger partial charge >= 0.3 is 6.03 Å². The first kappa shape index (κ1) is 20.1. The number of aliphatic hydroxyl groups excluding tert-OH is 1. The lowest BCUT2D eigenvalue weighted by molar-refractivity contribution is 0.0566. The first-order valence-electron chi connectivity index (χ1n) is 10.0. The predicted molar refractivity (Wildman–Crippen MR) is 113 cm³/mol. The summed E-state index contributed by atoms with van der Waals surface area (Å²) in [5, 5.41) is 23.3. The highest BCUT2D eigenvalue weighted by Gasteiger charge is 2.40. The summed E-state index contributed by atoms with van der Waals surface area (Å²) >= 11 is 0. The number of fused-ring (bicyclic) bond motifs is 2. The molecule has 3 atom stereocenters. The minimum atomic E-state index is -0.443. The zero-order valence-corrected chi connectivity index (χ0v) is 16.5. The molecule has 1 aromatic heterocycles. The van der Waals surface area contributed by atoms with Crippen molar-refractivity contribution < 1.29 is 14.6 Å². The summed E-state index contributed by atoms with van der Waals surface area (Å²) in [5.41, 5.74) is 7.98. The number of pyridine rings is 1. The fraction of sp³-hybridized carbons (Fsp3) is 0.381. The Kier molecular flexibility index (Phi) is 5.82. The molecule has 2 aromatic rings. The quantitative estimate of drug-likeness (QED) is 0.363. The van der Waals surface area contributed by atoms with Gasteiger partial charge < -0.3 is 25.8 Å². The Balaban J connectivity index is 1.40. The van der Waals surface area contributed by atoms with Gasteiger partial charge in [0.25, 0.3) is 0 Å². The van der Waals surface area contributed by atoms with Crippen LogP contribution in [0.4, 0.5) is 16.3 Å². The van der Waals surface area contributed by atoms with Gasteiger partial charge in [-0.2, -0.15) is 0 Å². The lowest BCUT2D eigenvalue weighted by Crippen LogP contribution is -2.41. The molecule has 0 radical (unpaired) electrons. The molecule has 0 aliphatic carbocycles. The van der Waals surface area contributed by atoms with Crippen LogP contribution in [-0.2, 0) is 4.74 Å². The number of ether oxygens (including phenoxy) is 1. The predicted octanol–water partition coefficient (Wildman–Crippen LogP) is 1.71. The number of nitrogens with one attached hydrogen (secondary N) is 3. The maximum atomic E-state index is 12.4. The lowest BCUT2D eigenvalue weighted by atomic mass is 10.0. The van der Waals surface area contributed by atoms with Gasteiger partial charge in [0.15, 0.2) is 0 Å². The number of hydrogen-bond acceptors (Lipinski definition) is 6. The number of nitrogen functional groups attached to an aromatic ring is 1. The number of morpholine rings is 1. The molecule has 2 bridgehead atoms. The van der Waals surface area contributed by atoms with E-state index in [2.05, 4.69) is 15.6 Å². The number of amides is 2. The van der Waals surface area contributed by atoms with Gasteiger partial charge in [0.05, 0.1) is 30.4 Å². The molecule has 0 saturated carbocycles. The second kappa shape index (κ2) is 8.68. The number of carbonyl (C=O) groups excluding carboxylic acids is 1. The normalized spacial score (nSPS) is 20.8. The van der Waals surface area contributed by atoms with Crippen LogP contribution in [0.25, 0.3) is 0 Å². The molecule has 158 valence electrons. The number of carbonyl (C=O) groups is 1. The van der Waals surface area contributed by atoms with E-state index in [-0.39, 0.29) is 24.8 Å². The smallest absolute Gasteiger partial charge is 0.320 e. The number of aliphatic hydroxyl groups is 1. The minimum Gasteiger partial charge on any atom is -0.398 e. The molecule has 9 nitrogen and oxygen atoms in total. The van der Waals surface area contributed by atoms with Crippen molar-refractivity contribution in [3.8, 4) is 0 Å². The van der Waals surface area contributed by atoms with Crippen molar-refractivity contribution in [2.24, 2.45) is 0 Å². The molecule has 30 heavy (non-hydrogen) atoms. The van der Waals surface area contributed by atoms with Crippen molar-refractivity contribution in [3.63, 3.8) is 0 Å². The van der Waals surface area contributed by atoms with Crippen LogP contribution >= 0.6 is 0 Å². The maximum Gasteiger partial charge on any atom is 0.320 e. The Morgan fingerprint density at radius 2 is 2.20 bits per heavy atom. The third-order valence-electron chi connectivity index (χ3n) is 5.55. The molecule has 2 aliphatic heterocycles. The number of nitrogens with zero attached hydrogens (tertiary/aromatic N) is 2. The summed E-state index contributed by atoms with van der Waals surface area (Å²) in [6, 6.07) is 10.5. The number of anilines is 2. The van der Waals surface area contributed by atoms with E-state index in [1.165, 1.54) is 6.20 Å². The van der Waals surface area contributed by atoms with E-state index in [9.17, 15) is 9.90 Å². The second-order valence-corrected chi connectivity index (χ2v) is 7.58. The zero-order chi connectivity index (χ0) is 21.1. The van der Waals surface area contributed by atoms with Crippen LogP contribution in [0.15, 0.2) is 42.6 Å². The van der Waals surface area contributed by atoms with E-state index in [1.54, 1.807) is 6.07 Å². The molecule has 9 heteroatoms. The van der Waals surface area contributed by atoms with Crippen molar-refractivity contribution >= 4 is 23.4 Å². The van der Waals surface area contributed by atoms with E-state index in [1.807, 2.05) is 35.2 Å². The van der Waals surface area contributed by atoms with Gasteiger partial charge in [-0.25, -0.2) is 9.78 Å². The summed E-state index contributed by atoms with van der Waals surface area (Å²) < 4.78 is 5.59. The number of urea groups is 1. The van der Waals surface area contributed by atoms with Crippen molar-refractivity contribution in [1.82, 2.24) is 15.2 Å². The van der Waals surface area contributed by atoms with E-state index in [0.717, 1.165) is 12.0 Å². The van der Waals surface area contributed by atoms with Gasteiger partial charge in [0, 0.05) is 31.1 Å². The van der Waals surface area contributed by atoms with Gasteiger partial charge in [0.1, 0.15) is 11.7 Å². The van der Waals surface area contributed by atoms with Crippen LogP contribution in [0.3, 0.4) is 0 Å². The second-order valence-electron chi connectivity index (χ2n) is 7.58. The topological polar surface area (TPSA) is 137 Å². The molecule has 2 aliphatic rings. The number of aromatic nitrogens is 1. The number of benzene rings is 1. The van der Waals surface area contributed by atoms with Crippen molar-refractivity contribution in [3.05, 3.63) is 53.7 Å². The molecule has 6 N–H and O–H groups in total. The Morgan fingerprint density at radius 1 is 1.40 bits per heavy atom. The van der Waals surface area contributed by atoms with Gasteiger partial charge in [0.2, 0.25) is 0 Å². The highest BCUT2D eigenvalue weighted by molar-refractivity contribution is 6.02. The van der Waals surface area contributed by atoms with Crippen LogP contribution in [-0.4, -0.2) is 58.8 Å². The van der Waals surface area contributed by atoms with Crippen LogP contribution < -0.4 is 16.4 Å². The van der Waals surface area contributed by atoms with E-state index in [0.29, 0.717) is 42.5 Å². The average molecular weight is 410 g/mol. The lowest BCUT2D eigenvalue weighted by Gasteiger charge is -2.29. The number of likely N-dealkylation sites (tertiary alicyclic amines) is 1. The highest BCUT2D eigenvalue weighted by Crippen LogP contribution is 2.30. The molecule has 1 aromatic carbocycles. The first-order chi connectivity index (χ1) is 14.5. The fourth-order valence-electron chi connectivity index (χ4n) is 4.01. The summed E-state index contributed by atoms with van der Waals surface area (Å²) in [6.45, 7) is 1.28. The standard InChI is InChI=1S/C21H26N6O3/c22-17-9-19(24-10-16(17)20(23)27-11-15-8-14(27)12-30-15)26-21(29)25-18(6-7-28)13-4-2-1-3-5-13/h1-5,9-10,14-15,18,23,28H,6-8,11-12H2,(H4,22,24,25,26,29)/t14?,15?,18-/m1/s1. The monoisotopic (exact) mass is 410 g/mol. The first-order valence-corrected chi connectivity index (χ1v) is 10.0. The molecule has 3 heterocycles. The summed E-state index contributed by atoms with van der Waals surface area (Å²) in [6.07, 6.45) is 3.03. The van der Waals surface area contributed by atoms with Crippen LogP contribution in [0.5, 0.6) is 0 Å². The molecule has 2 fully saturated rings. The van der Waals surface area contributed by atoms with Crippen LogP contribution in [0.1, 0.15) is 30.0 Å². The Bertz CT molecular complexity index is 922. The number of rotatable bonds is 6. The average Bonchev–Trinajstić information content (AvgIpc) is 3.37. The molecule has 4 rings (SSSR count). The number of amidine groups is 1. The Hall–Kier alpha value is -3.17. The van der Waals surface area contributed by atoms with Gasteiger partial charge in [-0.15, -0.1) is 0 Å². The van der Waals surface area contributed by atoms with E-state index < -0.39 is 6.03 Å². The SMILES string of the molecule is N=C(c1cnc(NC(=O)N[C@H](CCO)c2ccccc2)cc1N)N1CC2CC1CO2. The Labute approximate surface area is 174 Å². The molecule has 0 spiro atoms. The van der Waals surface area contributed by atoms with Gasteiger partial charge in [-0.1, -0.05) is 30.3 Å². The van der Waals surface area contributed by atoms with Crippen molar-refractivity contribution in [2.75, 3.05) is 30.8 Å². The van der Waals surface area contributed by atoms with Crippen LogP contribution in [0.2, 0.25) is 0 Å². The molecule has 2 amide bonds. The molecule has 2 unspecified atom stereocenters. The Morgan fingerprint density at radius 3 is 2.83 bits per heavy atom. The summed E-state index contributed by atoms with van der Waals surface area (Å²) in [4.78, 5) is 18.7. The number of hydrogen-bond donors (Lipinski definition) is 5. The van der Waals surface area contributed by atoms with Gasteiger partial charge in [-0.05, 0) is 18.4 Å². The maximum absolute atomic E-state index is 12.4. The van der Waals surface area contributed by atoms with Crippen molar-refractivity contribution in [2.45, 2.75) is 31.0 Å². The molecular weight excluding hydrogens is 384 g/mol. The highest BCUT2D eigenvalue weighted by atomic mass is 16.5. The largest absolute Gasteiger partial charge is 0.398 e. The fourth-order valence-corrected chi connectivity index (χ4v) is 4.01.